The highest BCUT2D eigenvalue weighted by Crippen LogP contribution is 2.28. The highest BCUT2D eigenvalue weighted by atomic mass is 79.9. The van der Waals surface area contributed by atoms with Crippen LogP contribution in [0.5, 0.6) is 5.75 Å². The summed E-state index contributed by atoms with van der Waals surface area (Å²) in [7, 11) is 0. The van der Waals surface area contributed by atoms with Crippen LogP contribution in [-0.2, 0) is 14.2 Å². The monoisotopic (exact) mass is 753 g/mol. The number of hydrogen-bond donors (Lipinski definition) is 4. The van der Waals surface area contributed by atoms with Crippen molar-refractivity contribution in [3.63, 3.8) is 0 Å². The number of benzene rings is 1. The number of amides is 3. The fourth-order valence-electron chi connectivity index (χ4n) is 4.13. The molecule has 0 aromatic heterocycles. The van der Waals surface area contributed by atoms with E-state index in [0.29, 0.717) is 18.8 Å². The van der Waals surface area contributed by atoms with Gasteiger partial charge in [-0.3, -0.25) is 20.9 Å². The van der Waals surface area contributed by atoms with Gasteiger partial charge >= 0.3 is 18.3 Å². The predicted molar refractivity (Wildman–Crippen MR) is 199 cm³/mol. The van der Waals surface area contributed by atoms with Crippen molar-refractivity contribution in [1.82, 2.24) is 21.3 Å². The SMILES string of the molecule is C=C(NC(=O)OC(C)(C)C)c1ccc(OCCCCNCCCCCCCCN=C(NC(=O)OC(C)(C)C)NC(=O)OC(C)(C)C)c(Br)c1. The first-order valence-electron chi connectivity index (χ1n) is 17.1. The first kappa shape index (κ1) is 43.7. The van der Waals surface area contributed by atoms with Gasteiger partial charge in [0.1, 0.15) is 22.6 Å². The van der Waals surface area contributed by atoms with Crippen LogP contribution in [0.3, 0.4) is 0 Å². The van der Waals surface area contributed by atoms with E-state index in [0.717, 1.165) is 80.2 Å². The molecule has 0 atom stereocenters. The number of guanidine groups is 1. The van der Waals surface area contributed by atoms with Crippen LogP contribution < -0.4 is 26.0 Å². The molecule has 49 heavy (non-hydrogen) atoms. The first-order chi connectivity index (χ1) is 22.7. The third kappa shape index (κ3) is 23.6. The van der Waals surface area contributed by atoms with Crippen molar-refractivity contribution in [2.45, 2.75) is 130 Å². The Labute approximate surface area is 302 Å². The number of nitrogens with one attached hydrogen (secondary N) is 4. The topological polar surface area (TPSA) is 149 Å². The van der Waals surface area contributed by atoms with Gasteiger partial charge in [0.2, 0.25) is 5.96 Å². The summed E-state index contributed by atoms with van der Waals surface area (Å²) in [5.74, 6) is 0.754. The van der Waals surface area contributed by atoms with Gasteiger partial charge in [0.25, 0.3) is 0 Å². The van der Waals surface area contributed by atoms with Gasteiger partial charge in [-0.05, 0) is 141 Å². The lowest BCUT2D eigenvalue weighted by Gasteiger charge is -2.22. The third-order valence-electron chi connectivity index (χ3n) is 6.21. The van der Waals surface area contributed by atoms with Crippen LogP contribution in [0.2, 0.25) is 0 Å². The molecular weight excluding hydrogens is 694 g/mol. The van der Waals surface area contributed by atoms with Crippen LogP contribution in [0.4, 0.5) is 14.4 Å². The van der Waals surface area contributed by atoms with Gasteiger partial charge in [-0.2, -0.15) is 0 Å². The number of rotatable bonds is 17. The fourth-order valence-corrected chi connectivity index (χ4v) is 4.63. The number of aliphatic imine (C=N–C) groups is 1. The second-order valence-corrected chi connectivity index (χ2v) is 15.5. The number of nitrogens with zero attached hydrogens (tertiary/aromatic N) is 1. The Morgan fingerprint density at radius 1 is 0.694 bits per heavy atom. The highest BCUT2D eigenvalue weighted by Gasteiger charge is 2.21. The van der Waals surface area contributed by atoms with Crippen molar-refractivity contribution in [3.05, 3.63) is 34.8 Å². The molecule has 0 unspecified atom stereocenters. The van der Waals surface area contributed by atoms with E-state index in [1.54, 1.807) is 41.5 Å². The van der Waals surface area contributed by atoms with Crippen molar-refractivity contribution >= 4 is 45.9 Å². The number of carbonyl (C=O) groups is 3. The van der Waals surface area contributed by atoms with E-state index >= 15 is 0 Å². The van der Waals surface area contributed by atoms with Gasteiger partial charge < -0.3 is 24.3 Å². The maximum absolute atomic E-state index is 12.2. The zero-order chi connectivity index (χ0) is 37.1. The average Bonchev–Trinajstić information content (AvgIpc) is 2.92. The number of alkyl carbamates (subject to hydrolysis) is 3. The van der Waals surface area contributed by atoms with Crippen molar-refractivity contribution in [2.24, 2.45) is 4.99 Å². The minimum Gasteiger partial charge on any atom is -0.492 e. The molecule has 1 rings (SSSR count). The molecule has 0 aliphatic carbocycles. The summed E-state index contributed by atoms with van der Waals surface area (Å²) in [4.78, 5) is 40.7. The molecule has 0 saturated heterocycles. The summed E-state index contributed by atoms with van der Waals surface area (Å²) in [5, 5.41) is 11.2. The van der Waals surface area contributed by atoms with Crippen LogP contribution in [0.15, 0.2) is 34.2 Å². The molecule has 0 aliphatic heterocycles. The van der Waals surface area contributed by atoms with Crippen molar-refractivity contribution in [3.8, 4) is 5.75 Å². The molecule has 0 bridgehead atoms. The van der Waals surface area contributed by atoms with E-state index in [2.05, 4.69) is 48.8 Å². The van der Waals surface area contributed by atoms with Gasteiger partial charge in [-0.15, -0.1) is 0 Å². The Bertz CT molecular complexity index is 1200. The minimum atomic E-state index is -0.695. The van der Waals surface area contributed by atoms with Crippen LogP contribution >= 0.6 is 15.9 Å². The van der Waals surface area contributed by atoms with Gasteiger partial charge in [0.15, 0.2) is 0 Å². The van der Waals surface area contributed by atoms with Gasteiger partial charge in [-0.25, -0.2) is 14.4 Å². The molecule has 0 fully saturated rings. The Balaban J connectivity index is 2.20. The highest BCUT2D eigenvalue weighted by molar-refractivity contribution is 9.10. The van der Waals surface area contributed by atoms with E-state index in [-0.39, 0.29) is 5.96 Å². The molecule has 13 heteroatoms. The van der Waals surface area contributed by atoms with E-state index in [1.165, 1.54) is 0 Å². The third-order valence-corrected chi connectivity index (χ3v) is 6.83. The summed E-state index contributed by atoms with van der Waals surface area (Å²) < 4.78 is 22.5. The maximum Gasteiger partial charge on any atom is 0.414 e. The van der Waals surface area contributed by atoms with Crippen molar-refractivity contribution < 1.29 is 33.3 Å². The summed E-state index contributed by atoms with van der Waals surface area (Å²) in [6.07, 6.45) is 6.33. The van der Waals surface area contributed by atoms with Crippen LogP contribution in [-0.4, -0.2) is 67.3 Å². The van der Waals surface area contributed by atoms with Crippen LogP contribution in [0.1, 0.15) is 119 Å². The summed E-state index contributed by atoms with van der Waals surface area (Å²) in [6, 6.07) is 5.57. The number of ether oxygens (including phenoxy) is 4. The molecule has 0 heterocycles. The number of halogens is 1. The van der Waals surface area contributed by atoms with Gasteiger partial charge in [0, 0.05) is 12.2 Å². The Kier molecular flexibility index (Phi) is 19.4. The van der Waals surface area contributed by atoms with Gasteiger partial charge in [0.05, 0.1) is 11.1 Å². The molecule has 278 valence electrons. The van der Waals surface area contributed by atoms with Crippen molar-refractivity contribution in [2.75, 3.05) is 26.2 Å². The van der Waals surface area contributed by atoms with E-state index in [1.807, 2.05) is 39.0 Å². The molecule has 1 aromatic rings. The smallest absolute Gasteiger partial charge is 0.414 e. The lowest BCUT2D eigenvalue weighted by Crippen LogP contribution is -2.47. The molecule has 1 aromatic carbocycles. The van der Waals surface area contributed by atoms with E-state index in [4.69, 9.17) is 18.9 Å². The maximum atomic E-state index is 12.2. The lowest BCUT2D eigenvalue weighted by atomic mass is 10.1. The first-order valence-corrected chi connectivity index (χ1v) is 17.9. The molecule has 0 spiro atoms. The average molecular weight is 755 g/mol. The van der Waals surface area contributed by atoms with Crippen molar-refractivity contribution in [1.29, 1.82) is 0 Å². The van der Waals surface area contributed by atoms with Gasteiger partial charge in [-0.1, -0.05) is 32.3 Å². The zero-order valence-electron chi connectivity index (χ0n) is 31.1. The summed E-state index contributed by atoms with van der Waals surface area (Å²) in [6.45, 7) is 22.9. The Hall–Kier alpha value is -3.32. The second-order valence-electron chi connectivity index (χ2n) is 14.7. The lowest BCUT2D eigenvalue weighted by molar-refractivity contribution is 0.0533. The number of carbonyl (C=O) groups excluding carboxylic acids is 3. The minimum absolute atomic E-state index is 0.0147. The molecule has 0 saturated carbocycles. The quantitative estimate of drug-likeness (QED) is 0.0536. The fraction of sp³-hybridized carbons (Fsp3) is 0.667. The molecule has 0 radical (unpaired) electrons. The normalized spacial score (nSPS) is 11.6. The van der Waals surface area contributed by atoms with Crippen LogP contribution in [0.25, 0.3) is 5.70 Å². The van der Waals surface area contributed by atoms with E-state index < -0.39 is 35.1 Å². The van der Waals surface area contributed by atoms with Crippen LogP contribution in [0, 0.1) is 0 Å². The second kappa shape index (κ2) is 21.7. The standard InChI is InChI=1S/C36H60BrN5O7/c1-26(40-31(43)47-34(2,3)4)27-19-20-29(28(37)25-27)46-24-18-17-22-38-21-15-13-11-12-14-16-23-39-30(41-32(44)48-35(5,6)7)42-33(45)49-36(8,9)10/h19-20,25,38H,1,11-18,21-24H2,2-10H3,(H,40,43)(H2,39,41,42,44,45). The van der Waals surface area contributed by atoms with E-state index in [9.17, 15) is 14.4 Å². The number of hydrogen-bond acceptors (Lipinski definition) is 9. The molecular formula is C36H60BrN5O7. The Morgan fingerprint density at radius 2 is 1.16 bits per heavy atom. The molecule has 3 amide bonds. The molecule has 12 nitrogen and oxygen atoms in total. The largest absolute Gasteiger partial charge is 0.492 e. The molecule has 4 N–H and O–H groups in total. The zero-order valence-corrected chi connectivity index (χ0v) is 32.7. The predicted octanol–water partition coefficient (Wildman–Crippen LogP) is 8.44. The summed E-state index contributed by atoms with van der Waals surface area (Å²) >= 11 is 3.54. The summed E-state index contributed by atoms with van der Waals surface area (Å²) in [5.41, 5.74) is -0.726. The number of unbranched alkanes of at least 4 members (excludes halogenated alkanes) is 6. The molecule has 0 aliphatic rings. The Morgan fingerprint density at radius 3 is 1.67 bits per heavy atom.